The summed E-state index contributed by atoms with van der Waals surface area (Å²) in [6, 6.07) is 42.8. The number of benzene rings is 4. The van der Waals surface area contributed by atoms with Gasteiger partial charge in [-0.25, -0.2) is 0 Å². The number of aryl methyl sites for hydroxylation is 3. The molecule has 7 aromatic rings. The normalized spacial score (nSPS) is 16.4. The zero-order valence-electron chi connectivity index (χ0n) is 27.4. The van der Waals surface area contributed by atoms with Crippen LogP contribution >= 0.6 is 0 Å². The number of rotatable bonds is 2. The Hall–Kier alpha value is -5.67. The molecule has 3 heteroatoms. The summed E-state index contributed by atoms with van der Waals surface area (Å²) in [5, 5.41) is 2.38. The zero-order valence-corrected chi connectivity index (χ0v) is 27.4. The van der Waals surface area contributed by atoms with Crippen molar-refractivity contribution < 1.29 is 9.13 Å². The Kier molecular flexibility index (Phi) is 6.69. The van der Waals surface area contributed by atoms with Gasteiger partial charge in [-0.1, -0.05) is 72.3 Å². The summed E-state index contributed by atoms with van der Waals surface area (Å²) in [5.74, 6) is 0.297. The van der Waals surface area contributed by atoms with Crippen LogP contribution in [0.4, 0.5) is 0 Å². The van der Waals surface area contributed by atoms with E-state index in [0.717, 1.165) is 18.5 Å². The maximum Gasteiger partial charge on any atom is 0.249 e. The van der Waals surface area contributed by atoms with Gasteiger partial charge in [-0.05, 0) is 102 Å². The Morgan fingerprint density at radius 3 is 2.31 bits per heavy atom. The molecule has 2 unspecified atom stereocenters. The maximum atomic E-state index is 4.85. The number of fused-ring (bicyclic) bond motifs is 10. The van der Waals surface area contributed by atoms with Crippen molar-refractivity contribution in [1.82, 2.24) is 4.98 Å². The molecule has 3 aromatic heterocycles. The van der Waals surface area contributed by atoms with E-state index in [0.29, 0.717) is 5.92 Å². The van der Waals surface area contributed by atoms with Crippen molar-refractivity contribution in [2.45, 2.75) is 38.6 Å². The molecule has 0 N–H and O–H groups in total. The van der Waals surface area contributed by atoms with Crippen LogP contribution in [-0.2, 0) is 6.42 Å². The number of hydrogen-bond acceptors (Lipinski definition) is 1. The molecule has 5 heterocycles. The van der Waals surface area contributed by atoms with Crippen LogP contribution in [0.3, 0.4) is 0 Å². The molecule has 0 saturated heterocycles. The second kappa shape index (κ2) is 11.2. The number of nitrogens with zero attached hydrogens (tertiary/aromatic N) is 3. The first-order valence-electron chi connectivity index (χ1n) is 16.9. The third-order valence-electron chi connectivity index (χ3n) is 10.6. The fourth-order valence-electron chi connectivity index (χ4n) is 8.19. The van der Waals surface area contributed by atoms with Gasteiger partial charge >= 0.3 is 0 Å². The lowest BCUT2D eigenvalue weighted by atomic mass is 9.78. The molecule has 0 spiro atoms. The standard InChI is InChI=1S/C45H37N3/c1-29-11-13-32(14-12-29)35-19-20-36(38-21-23-46-28-42(35)38)34-16-15-33-17-18-40-37-8-4-5-9-39(37)44-26-30(2)22-25-48(44)45(40)31(3)47-24-7-6-10-43(47)41(33)27-34/h4-16,19-28,40,45H,3,17-18H2,1-2H3/q+2. The summed E-state index contributed by atoms with van der Waals surface area (Å²) >= 11 is 0. The van der Waals surface area contributed by atoms with E-state index in [4.69, 9.17) is 6.58 Å². The predicted molar refractivity (Wildman–Crippen MR) is 195 cm³/mol. The van der Waals surface area contributed by atoms with E-state index in [1.54, 1.807) is 0 Å². The van der Waals surface area contributed by atoms with Crippen molar-refractivity contribution in [3.8, 4) is 44.8 Å². The van der Waals surface area contributed by atoms with Gasteiger partial charge in [0.2, 0.25) is 23.1 Å². The van der Waals surface area contributed by atoms with Crippen molar-refractivity contribution in [3.05, 3.63) is 169 Å². The molecular formula is C45H37N3+2. The Balaban J connectivity index is 1.22. The molecule has 2 aliphatic heterocycles. The molecule has 0 bridgehead atoms. The summed E-state index contributed by atoms with van der Waals surface area (Å²) in [6.45, 7) is 9.16. The van der Waals surface area contributed by atoms with E-state index in [9.17, 15) is 0 Å². The molecule has 2 atom stereocenters. The Morgan fingerprint density at radius 1 is 0.646 bits per heavy atom. The number of allylic oxidation sites excluding steroid dienone is 1. The SMILES string of the molecule is C=C1C2C(CCc3ccc(-c4ccc(-c5ccc(C)cc5)c5cnccc45)cc3-c3cccc[n+]31)c1ccccc1-c1cc(C)cc[n+]12. The zero-order chi connectivity index (χ0) is 32.4. The summed E-state index contributed by atoms with van der Waals surface area (Å²) in [7, 11) is 0. The highest BCUT2D eigenvalue weighted by Crippen LogP contribution is 2.45. The van der Waals surface area contributed by atoms with Gasteiger partial charge in [0.05, 0.1) is 11.5 Å². The second-order valence-electron chi connectivity index (χ2n) is 13.4. The second-order valence-corrected chi connectivity index (χ2v) is 13.4. The van der Waals surface area contributed by atoms with E-state index in [1.807, 2.05) is 12.4 Å². The molecule has 0 saturated carbocycles. The van der Waals surface area contributed by atoms with Crippen LogP contribution in [0, 0.1) is 13.8 Å². The van der Waals surface area contributed by atoms with Gasteiger partial charge in [-0.3, -0.25) is 4.98 Å². The highest BCUT2D eigenvalue weighted by Gasteiger charge is 2.46. The Bertz CT molecular complexity index is 2400. The van der Waals surface area contributed by atoms with Crippen LogP contribution in [0.1, 0.15) is 40.6 Å². The van der Waals surface area contributed by atoms with Crippen LogP contribution < -0.4 is 9.13 Å². The number of aromatic nitrogens is 3. The third-order valence-corrected chi connectivity index (χ3v) is 10.6. The third kappa shape index (κ3) is 4.53. The van der Waals surface area contributed by atoms with Gasteiger partial charge in [0.15, 0.2) is 12.4 Å². The maximum absolute atomic E-state index is 4.85. The first-order chi connectivity index (χ1) is 23.5. The Morgan fingerprint density at radius 2 is 1.44 bits per heavy atom. The molecule has 9 rings (SSSR count). The van der Waals surface area contributed by atoms with Crippen LogP contribution in [0.15, 0.2) is 147 Å². The molecule has 0 fully saturated rings. The van der Waals surface area contributed by atoms with E-state index < -0.39 is 0 Å². The van der Waals surface area contributed by atoms with E-state index in [2.05, 4.69) is 156 Å². The van der Waals surface area contributed by atoms with Gasteiger partial charge in [0, 0.05) is 47.6 Å². The first-order valence-corrected chi connectivity index (χ1v) is 16.9. The average molecular weight is 620 g/mol. The van der Waals surface area contributed by atoms with Gasteiger partial charge in [-0.15, -0.1) is 0 Å². The van der Waals surface area contributed by atoms with Crippen molar-refractivity contribution in [2.24, 2.45) is 0 Å². The first kappa shape index (κ1) is 28.5. The van der Waals surface area contributed by atoms with Gasteiger partial charge in [0.25, 0.3) is 0 Å². The van der Waals surface area contributed by atoms with Crippen molar-refractivity contribution in [2.75, 3.05) is 0 Å². The molecule has 0 amide bonds. The molecule has 230 valence electrons. The predicted octanol–water partition coefficient (Wildman–Crippen LogP) is 9.85. The molecule has 48 heavy (non-hydrogen) atoms. The van der Waals surface area contributed by atoms with Crippen molar-refractivity contribution in [1.29, 1.82) is 0 Å². The van der Waals surface area contributed by atoms with Crippen LogP contribution in [-0.4, -0.2) is 4.98 Å². The largest absolute Gasteiger partial charge is 0.264 e. The molecular weight excluding hydrogens is 583 g/mol. The topological polar surface area (TPSA) is 20.6 Å². The molecule has 3 nitrogen and oxygen atoms in total. The van der Waals surface area contributed by atoms with Gasteiger partial charge in [-0.2, -0.15) is 9.13 Å². The van der Waals surface area contributed by atoms with Crippen LogP contribution in [0.5, 0.6) is 0 Å². The van der Waals surface area contributed by atoms with Crippen molar-refractivity contribution >= 4 is 16.5 Å². The minimum Gasteiger partial charge on any atom is -0.264 e. The highest BCUT2D eigenvalue weighted by atomic mass is 15.1. The van der Waals surface area contributed by atoms with E-state index in [1.165, 1.54) is 77.8 Å². The van der Waals surface area contributed by atoms with Crippen LogP contribution in [0.25, 0.3) is 61.2 Å². The smallest absolute Gasteiger partial charge is 0.249 e. The lowest BCUT2D eigenvalue weighted by molar-refractivity contribution is -0.727. The minimum absolute atomic E-state index is 0.0983. The average Bonchev–Trinajstić information content (AvgIpc) is 3.18. The number of hydrogen-bond donors (Lipinski definition) is 0. The van der Waals surface area contributed by atoms with Gasteiger partial charge in [0.1, 0.15) is 0 Å². The minimum atomic E-state index is 0.0983. The van der Waals surface area contributed by atoms with E-state index >= 15 is 0 Å². The highest BCUT2D eigenvalue weighted by molar-refractivity contribution is 6.04. The summed E-state index contributed by atoms with van der Waals surface area (Å²) in [6.07, 6.45) is 10.4. The fraction of sp³-hybridized carbons (Fsp3) is 0.133. The summed E-state index contributed by atoms with van der Waals surface area (Å²) in [5.41, 5.74) is 16.3. The number of pyridine rings is 3. The van der Waals surface area contributed by atoms with Crippen LogP contribution in [0.2, 0.25) is 0 Å². The lowest BCUT2D eigenvalue weighted by Gasteiger charge is -2.29. The van der Waals surface area contributed by atoms with Crippen molar-refractivity contribution in [3.63, 3.8) is 0 Å². The molecule has 0 aliphatic carbocycles. The molecule has 4 aromatic carbocycles. The lowest BCUT2D eigenvalue weighted by Crippen LogP contribution is -2.53. The molecule has 0 radical (unpaired) electrons. The summed E-state index contributed by atoms with van der Waals surface area (Å²) in [4.78, 5) is 4.55. The monoisotopic (exact) mass is 619 g/mol. The fourth-order valence-corrected chi connectivity index (χ4v) is 8.19. The van der Waals surface area contributed by atoms with Gasteiger partial charge < -0.3 is 0 Å². The molecule has 2 aliphatic rings. The van der Waals surface area contributed by atoms with E-state index in [-0.39, 0.29) is 6.04 Å². The summed E-state index contributed by atoms with van der Waals surface area (Å²) < 4.78 is 4.82. The quantitative estimate of drug-likeness (QED) is 0.177. The Labute approximate surface area is 282 Å².